The maximum Gasteiger partial charge on any atom is 0.257 e. The van der Waals surface area contributed by atoms with Crippen LogP contribution in [-0.4, -0.2) is 40.5 Å². The third-order valence-electron chi connectivity index (χ3n) is 3.61. The summed E-state index contributed by atoms with van der Waals surface area (Å²) in [5.74, 6) is -0.440. The summed E-state index contributed by atoms with van der Waals surface area (Å²) in [6.07, 6.45) is 0. The lowest BCUT2D eigenvalue weighted by Crippen LogP contribution is -2.35. The summed E-state index contributed by atoms with van der Waals surface area (Å²) in [5.41, 5.74) is 2.45. The van der Waals surface area contributed by atoms with Gasteiger partial charge in [-0.05, 0) is 25.0 Å². The van der Waals surface area contributed by atoms with Crippen LogP contribution in [0.1, 0.15) is 41.5 Å². The molecule has 1 aromatic carbocycles. The number of nitrogens with one attached hydrogen (secondary N) is 2. The number of aromatic nitrogens is 2. The lowest BCUT2D eigenvalue weighted by Gasteiger charge is -2.18. The van der Waals surface area contributed by atoms with Crippen molar-refractivity contribution in [3.8, 4) is 0 Å². The molecule has 2 amide bonds. The number of nitrogens with zero attached hydrogens (tertiary/aromatic N) is 2. The van der Waals surface area contributed by atoms with Crippen molar-refractivity contribution < 1.29 is 9.59 Å². The van der Waals surface area contributed by atoms with E-state index in [9.17, 15) is 9.59 Å². The Hall–Kier alpha value is -2.34. The van der Waals surface area contributed by atoms with E-state index in [0.717, 1.165) is 0 Å². The van der Waals surface area contributed by atoms with Gasteiger partial charge in [0, 0.05) is 12.7 Å². The molecule has 0 aliphatic rings. The van der Waals surface area contributed by atoms with Gasteiger partial charge in [0.2, 0.25) is 5.91 Å². The number of anilines is 1. The van der Waals surface area contributed by atoms with Gasteiger partial charge in [0.1, 0.15) is 0 Å². The standard InChI is InChI=1S/C17H21ClN4O2/c1-10(2)16-15(11(3)20-21-16)17(24)22(4)9-14(23)19-13-8-6-5-7-12(13)18/h5-8,10H,9H2,1-4H3,(H,19,23)(H,20,21). The highest BCUT2D eigenvalue weighted by molar-refractivity contribution is 6.33. The average Bonchev–Trinajstić information content (AvgIpc) is 2.90. The smallest absolute Gasteiger partial charge is 0.257 e. The molecule has 24 heavy (non-hydrogen) atoms. The molecule has 0 atom stereocenters. The average molecular weight is 349 g/mol. The highest BCUT2D eigenvalue weighted by atomic mass is 35.5. The van der Waals surface area contributed by atoms with Crippen molar-refractivity contribution in [3.05, 3.63) is 46.2 Å². The molecule has 0 unspecified atom stereocenters. The number of hydrogen-bond acceptors (Lipinski definition) is 3. The highest BCUT2D eigenvalue weighted by Gasteiger charge is 2.24. The van der Waals surface area contributed by atoms with Gasteiger partial charge in [0.15, 0.2) is 0 Å². The van der Waals surface area contributed by atoms with E-state index in [1.54, 1.807) is 38.2 Å². The van der Waals surface area contributed by atoms with E-state index < -0.39 is 0 Å². The largest absolute Gasteiger partial charge is 0.332 e. The molecule has 0 fully saturated rings. The molecule has 0 saturated heterocycles. The van der Waals surface area contributed by atoms with Crippen molar-refractivity contribution in [2.45, 2.75) is 26.7 Å². The topological polar surface area (TPSA) is 78.1 Å². The van der Waals surface area contributed by atoms with E-state index in [1.165, 1.54) is 4.90 Å². The summed E-state index contributed by atoms with van der Waals surface area (Å²) in [4.78, 5) is 26.2. The number of rotatable bonds is 5. The molecule has 0 saturated carbocycles. The molecule has 7 heteroatoms. The van der Waals surface area contributed by atoms with Crippen LogP contribution in [0.4, 0.5) is 5.69 Å². The van der Waals surface area contributed by atoms with Gasteiger partial charge in [-0.2, -0.15) is 5.10 Å². The number of aromatic amines is 1. The summed E-state index contributed by atoms with van der Waals surface area (Å²) in [6, 6.07) is 6.96. The number of aryl methyl sites for hydroxylation is 1. The van der Waals surface area contributed by atoms with Gasteiger partial charge in [0.05, 0.1) is 28.5 Å². The maximum atomic E-state index is 12.7. The number of likely N-dealkylation sites (N-methyl/N-ethyl adjacent to an activating group) is 1. The van der Waals surface area contributed by atoms with E-state index in [4.69, 9.17) is 11.6 Å². The number of amides is 2. The van der Waals surface area contributed by atoms with E-state index in [1.807, 2.05) is 13.8 Å². The molecule has 0 aliphatic carbocycles. The number of para-hydroxylation sites is 1. The number of halogens is 1. The molecule has 0 spiro atoms. The van der Waals surface area contributed by atoms with Crippen molar-refractivity contribution in [3.63, 3.8) is 0 Å². The summed E-state index contributed by atoms with van der Waals surface area (Å²) < 4.78 is 0. The van der Waals surface area contributed by atoms with Crippen LogP contribution in [0.5, 0.6) is 0 Å². The van der Waals surface area contributed by atoms with Crippen molar-refractivity contribution in [1.29, 1.82) is 0 Å². The first-order valence-corrected chi connectivity index (χ1v) is 8.03. The van der Waals surface area contributed by atoms with Crippen molar-refractivity contribution >= 4 is 29.1 Å². The Morgan fingerprint density at radius 2 is 2.00 bits per heavy atom. The predicted octanol–water partition coefficient (Wildman–Crippen LogP) is 3.21. The van der Waals surface area contributed by atoms with Gasteiger partial charge in [-0.25, -0.2) is 0 Å². The van der Waals surface area contributed by atoms with Gasteiger partial charge in [-0.15, -0.1) is 0 Å². The highest BCUT2D eigenvalue weighted by Crippen LogP contribution is 2.22. The molecule has 6 nitrogen and oxygen atoms in total. The Bertz CT molecular complexity index is 755. The van der Waals surface area contributed by atoms with Gasteiger partial charge >= 0.3 is 0 Å². The van der Waals surface area contributed by atoms with Crippen molar-refractivity contribution in [1.82, 2.24) is 15.1 Å². The molecule has 0 radical (unpaired) electrons. The minimum absolute atomic E-state index is 0.0772. The second-order valence-electron chi connectivity index (χ2n) is 5.95. The number of carbonyl (C=O) groups is 2. The summed E-state index contributed by atoms with van der Waals surface area (Å²) in [6.45, 7) is 5.66. The van der Waals surface area contributed by atoms with E-state index in [2.05, 4.69) is 15.5 Å². The molecule has 2 rings (SSSR count). The zero-order valence-corrected chi connectivity index (χ0v) is 14.9. The third kappa shape index (κ3) is 3.94. The number of hydrogen-bond donors (Lipinski definition) is 2. The van der Waals surface area contributed by atoms with Crippen molar-refractivity contribution in [2.24, 2.45) is 0 Å². The van der Waals surface area contributed by atoms with Crippen LogP contribution in [-0.2, 0) is 4.79 Å². The van der Waals surface area contributed by atoms with Gasteiger partial charge < -0.3 is 10.2 Å². The third-order valence-corrected chi connectivity index (χ3v) is 3.94. The number of H-pyrrole nitrogens is 1. The van der Waals surface area contributed by atoms with Crippen LogP contribution in [0.2, 0.25) is 5.02 Å². The Labute approximate surface area is 146 Å². The minimum atomic E-state index is -0.314. The first-order valence-electron chi connectivity index (χ1n) is 7.66. The maximum absolute atomic E-state index is 12.7. The van der Waals surface area contributed by atoms with Crippen LogP contribution >= 0.6 is 11.6 Å². The molecule has 2 N–H and O–H groups in total. The molecular weight excluding hydrogens is 328 g/mol. The fourth-order valence-corrected chi connectivity index (χ4v) is 2.55. The Morgan fingerprint density at radius 1 is 1.33 bits per heavy atom. The Morgan fingerprint density at radius 3 is 2.62 bits per heavy atom. The molecule has 1 aromatic heterocycles. The van der Waals surface area contributed by atoms with Gasteiger partial charge in [0.25, 0.3) is 5.91 Å². The van der Waals surface area contributed by atoms with Gasteiger partial charge in [-0.3, -0.25) is 14.7 Å². The number of benzene rings is 1. The molecule has 0 aliphatic heterocycles. The fraction of sp³-hybridized carbons (Fsp3) is 0.353. The quantitative estimate of drug-likeness (QED) is 0.870. The van der Waals surface area contributed by atoms with Crippen LogP contribution in [0.15, 0.2) is 24.3 Å². The number of carbonyl (C=O) groups excluding carboxylic acids is 2. The van der Waals surface area contributed by atoms with E-state index in [-0.39, 0.29) is 24.3 Å². The van der Waals surface area contributed by atoms with Crippen molar-refractivity contribution in [2.75, 3.05) is 18.9 Å². The van der Waals surface area contributed by atoms with Crippen LogP contribution in [0.25, 0.3) is 0 Å². The van der Waals surface area contributed by atoms with Gasteiger partial charge in [-0.1, -0.05) is 37.6 Å². The molecular formula is C17H21ClN4O2. The normalized spacial score (nSPS) is 10.8. The zero-order valence-electron chi connectivity index (χ0n) is 14.2. The minimum Gasteiger partial charge on any atom is -0.332 e. The second-order valence-corrected chi connectivity index (χ2v) is 6.36. The lowest BCUT2D eigenvalue weighted by molar-refractivity contribution is -0.116. The second kappa shape index (κ2) is 7.49. The summed E-state index contributed by atoms with van der Waals surface area (Å²) in [7, 11) is 1.59. The van der Waals surface area contributed by atoms with E-state index in [0.29, 0.717) is 27.7 Å². The Kier molecular flexibility index (Phi) is 5.62. The van der Waals surface area contributed by atoms with Crippen LogP contribution in [0.3, 0.4) is 0 Å². The first kappa shape index (κ1) is 18.0. The molecule has 128 valence electrons. The lowest BCUT2D eigenvalue weighted by atomic mass is 10.0. The summed E-state index contributed by atoms with van der Waals surface area (Å²) in [5, 5.41) is 10.2. The monoisotopic (exact) mass is 348 g/mol. The molecule has 2 aromatic rings. The van der Waals surface area contributed by atoms with Crippen LogP contribution in [0, 0.1) is 6.92 Å². The molecule has 1 heterocycles. The van der Waals surface area contributed by atoms with Crippen LogP contribution < -0.4 is 5.32 Å². The Balaban J connectivity index is 2.08. The van der Waals surface area contributed by atoms with E-state index >= 15 is 0 Å². The zero-order chi connectivity index (χ0) is 17.9. The fourth-order valence-electron chi connectivity index (χ4n) is 2.37. The SMILES string of the molecule is Cc1[nH]nc(C(C)C)c1C(=O)N(C)CC(=O)Nc1ccccc1Cl. The molecule has 0 bridgehead atoms. The predicted molar refractivity (Wildman–Crippen MR) is 94.5 cm³/mol. The summed E-state index contributed by atoms with van der Waals surface area (Å²) >= 11 is 6.02. The first-order chi connectivity index (χ1) is 11.3.